The first-order chi connectivity index (χ1) is 19.2. The van der Waals surface area contributed by atoms with Gasteiger partial charge in [-0.25, -0.2) is 27.4 Å². The number of aromatic nitrogens is 1. The molecule has 216 valence electrons. The monoisotopic (exact) mass is 565 g/mol. The van der Waals surface area contributed by atoms with E-state index in [-0.39, 0.29) is 36.0 Å². The first-order valence-corrected chi connectivity index (χ1v) is 13.2. The van der Waals surface area contributed by atoms with Gasteiger partial charge in [-0.1, -0.05) is 0 Å². The molecule has 1 aromatic heterocycles. The number of hydrogen-bond donors (Lipinski definition) is 2. The number of methoxy groups -OCH3 is 1. The van der Waals surface area contributed by atoms with E-state index in [2.05, 4.69) is 4.98 Å². The molecule has 0 bridgehead atoms. The number of ether oxygens (including phenoxy) is 1. The summed E-state index contributed by atoms with van der Waals surface area (Å²) in [6.07, 6.45) is 0.899. The van der Waals surface area contributed by atoms with Crippen LogP contribution in [0.15, 0.2) is 36.5 Å². The lowest BCUT2D eigenvalue weighted by Gasteiger charge is -2.40. The van der Waals surface area contributed by atoms with Crippen molar-refractivity contribution in [2.45, 2.75) is 51.4 Å². The lowest BCUT2D eigenvalue weighted by Crippen LogP contribution is -2.48. The Bertz CT molecular complexity index is 1320. The highest BCUT2D eigenvalue weighted by Gasteiger charge is 2.41. The molecule has 0 spiro atoms. The molecular formula is C29H32F5N3O3. The van der Waals surface area contributed by atoms with Gasteiger partial charge in [0.15, 0.2) is 0 Å². The minimum absolute atomic E-state index is 0.0835. The predicted molar refractivity (Wildman–Crippen MR) is 139 cm³/mol. The molecule has 1 amide bonds. The summed E-state index contributed by atoms with van der Waals surface area (Å²) in [7, 11) is 1.48. The molecular weight excluding hydrogens is 533 g/mol. The second-order valence-corrected chi connectivity index (χ2v) is 10.2. The van der Waals surface area contributed by atoms with Crippen molar-refractivity contribution in [2.24, 2.45) is 5.41 Å². The number of nitrogens with one attached hydrogen (secondary N) is 1. The molecule has 0 radical (unpaired) electrons. The van der Waals surface area contributed by atoms with Gasteiger partial charge in [0.25, 0.3) is 0 Å². The predicted octanol–water partition coefficient (Wildman–Crippen LogP) is 6.14. The molecule has 1 aliphatic rings. The highest BCUT2D eigenvalue weighted by Crippen LogP contribution is 2.41. The quantitative estimate of drug-likeness (QED) is 0.166. The Kier molecular flexibility index (Phi) is 9.57. The normalized spacial score (nSPS) is 16.2. The number of piperidine rings is 1. The minimum atomic E-state index is -1.59. The number of benzene rings is 2. The molecule has 2 heterocycles. The van der Waals surface area contributed by atoms with Crippen molar-refractivity contribution in [3.8, 4) is 5.75 Å². The molecule has 1 fully saturated rings. The molecule has 2 N–H and O–H groups in total. The molecule has 0 aliphatic carbocycles. The van der Waals surface area contributed by atoms with E-state index in [1.165, 1.54) is 13.3 Å². The number of rotatable bonds is 11. The average molecular weight is 566 g/mol. The van der Waals surface area contributed by atoms with E-state index in [1.54, 1.807) is 23.7 Å². The maximum atomic E-state index is 15.8. The summed E-state index contributed by atoms with van der Waals surface area (Å²) in [6.45, 7) is 0.482. The lowest BCUT2D eigenvalue weighted by molar-refractivity contribution is -0.143. The zero-order chi connectivity index (χ0) is 28.9. The molecule has 0 unspecified atom stereocenters. The molecule has 2 aromatic carbocycles. The van der Waals surface area contributed by atoms with Gasteiger partial charge in [-0.05, 0) is 76.4 Å². The molecule has 4 rings (SSSR count). The van der Waals surface area contributed by atoms with E-state index in [0.717, 1.165) is 0 Å². The fraction of sp³-hybridized carbons (Fsp3) is 0.448. The minimum Gasteiger partial charge on any atom is -0.497 e. The van der Waals surface area contributed by atoms with Gasteiger partial charge in [0, 0.05) is 40.4 Å². The number of amides is 1. The topological polar surface area (TPSA) is 74.7 Å². The van der Waals surface area contributed by atoms with Crippen LogP contribution in [0.1, 0.15) is 55.0 Å². The van der Waals surface area contributed by atoms with E-state index in [9.17, 15) is 27.6 Å². The van der Waals surface area contributed by atoms with Gasteiger partial charge >= 0.3 is 0 Å². The van der Waals surface area contributed by atoms with Crippen molar-refractivity contribution in [3.05, 3.63) is 70.7 Å². The average Bonchev–Trinajstić information content (AvgIpc) is 2.96. The fourth-order valence-corrected chi connectivity index (χ4v) is 5.59. The molecule has 0 saturated carbocycles. The van der Waals surface area contributed by atoms with Crippen molar-refractivity contribution < 1.29 is 36.7 Å². The van der Waals surface area contributed by atoms with E-state index in [4.69, 9.17) is 4.74 Å². The van der Waals surface area contributed by atoms with Crippen LogP contribution in [-0.2, 0) is 17.9 Å². The Labute approximate surface area is 229 Å². The molecule has 3 aromatic rings. The van der Waals surface area contributed by atoms with Crippen LogP contribution in [0.25, 0.3) is 10.9 Å². The Balaban J connectivity index is 1.42. The van der Waals surface area contributed by atoms with Gasteiger partial charge in [-0.15, -0.1) is 0 Å². The van der Waals surface area contributed by atoms with Crippen LogP contribution < -0.4 is 10.2 Å². The van der Waals surface area contributed by atoms with Crippen LogP contribution in [0.5, 0.6) is 5.75 Å². The van der Waals surface area contributed by atoms with E-state index < -0.39 is 41.6 Å². The maximum Gasteiger partial charge on any atom is 0.249 e. The smallest absolute Gasteiger partial charge is 0.249 e. The number of carbonyl (C=O) groups excluding carboxylic acids is 1. The molecule has 11 heteroatoms. The molecule has 1 atom stereocenters. The van der Waals surface area contributed by atoms with Crippen LogP contribution in [0.3, 0.4) is 0 Å². The van der Waals surface area contributed by atoms with Crippen molar-refractivity contribution in [3.63, 3.8) is 0 Å². The standard InChI is InChI=1S/C29H32F5N3O3/c1-40-20-4-5-26-22(15-20)27(18(16-30)17-35-26)23(32)6-7-29(28(38)36-39)8-11-37(12-9-29)10-2-3-21-24(33)13-19(31)14-25(21)34/h4-5,13-15,17,23,39H,2-3,6-12,16H2,1H3,(H,36,38)/t23-/m1/s1. The first-order valence-electron chi connectivity index (χ1n) is 13.2. The van der Waals surface area contributed by atoms with Gasteiger partial charge in [-0.3, -0.25) is 15.0 Å². The maximum absolute atomic E-state index is 15.8. The summed E-state index contributed by atoms with van der Waals surface area (Å²) in [5, 5.41) is 9.88. The van der Waals surface area contributed by atoms with E-state index >= 15 is 4.39 Å². The number of nitrogens with zero attached hydrogens (tertiary/aromatic N) is 2. The summed E-state index contributed by atoms with van der Waals surface area (Å²) in [5.74, 6) is -2.95. The largest absolute Gasteiger partial charge is 0.497 e. The summed E-state index contributed by atoms with van der Waals surface area (Å²) in [5.41, 5.74) is 1.30. The molecule has 1 saturated heterocycles. The van der Waals surface area contributed by atoms with Crippen LogP contribution in [0.4, 0.5) is 22.0 Å². The fourth-order valence-electron chi connectivity index (χ4n) is 5.59. The number of hydrogen-bond acceptors (Lipinski definition) is 5. The van der Waals surface area contributed by atoms with Gasteiger partial charge in [-0.2, -0.15) is 0 Å². The van der Waals surface area contributed by atoms with Crippen molar-refractivity contribution in [2.75, 3.05) is 26.7 Å². The number of fused-ring (bicyclic) bond motifs is 1. The summed E-state index contributed by atoms with van der Waals surface area (Å²) >= 11 is 0. The SMILES string of the molecule is COc1ccc2ncc(CF)c([C@H](F)CCC3(C(=O)NO)CCN(CCCc4c(F)cc(F)cc4F)CC3)c2c1. The highest BCUT2D eigenvalue weighted by atomic mass is 19.2. The van der Waals surface area contributed by atoms with Gasteiger partial charge in [0.05, 0.1) is 18.0 Å². The molecule has 40 heavy (non-hydrogen) atoms. The third kappa shape index (κ3) is 6.36. The van der Waals surface area contributed by atoms with E-state index in [1.807, 2.05) is 4.90 Å². The van der Waals surface area contributed by atoms with Crippen molar-refractivity contribution in [1.82, 2.24) is 15.4 Å². The van der Waals surface area contributed by atoms with Crippen LogP contribution in [0.2, 0.25) is 0 Å². The third-order valence-corrected chi connectivity index (χ3v) is 7.94. The molecule has 1 aliphatic heterocycles. The summed E-state index contributed by atoms with van der Waals surface area (Å²) in [6, 6.07) is 6.27. The van der Waals surface area contributed by atoms with Crippen LogP contribution in [-0.4, -0.2) is 47.7 Å². The zero-order valence-corrected chi connectivity index (χ0v) is 22.2. The number of hydroxylamine groups is 1. The van der Waals surface area contributed by atoms with Gasteiger partial charge < -0.3 is 9.64 Å². The number of pyridine rings is 1. The van der Waals surface area contributed by atoms with E-state index in [0.29, 0.717) is 67.7 Å². The van der Waals surface area contributed by atoms with Gasteiger partial charge in [0.2, 0.25) is 5.91 Å². The zero-order valence-electron chi connectivity index (χ0n) is 22.2. The Morgan fingerprint density at radius 3 is 2.50 bits per heavy atom. The first kappa shape index (κ1) is 29.7. The Morgan fingerprint density at radius 1 is 1.18 bits per heavy atom. The van der Waals surface area contributed by atoms with Crippen LogP contribution in [0, 0.1) is 22.9 Å². The second kappa shape index (κ2) is 12.9. The number of likely N-dealkylation sites (tertiary alicyclic amines) is 1. The summed E-state index contributed by atoms with van der Waals surface area (Å²) in [4.78, 5) is 19.0. The Hall–Kier alpha value is -3.31. The van der Waals surface area contributed by atoms with Crippen molar-refractivity contribution in [1.29, 1.82) is 0 Å². The molecule has 6 nitrogen and oxygen atoms in total. The van der Waals surface area contributed by atoms with Crippen LogP contribution >= 0.6 is 0 Å². The number of carbonyl (C=O) groups is 1. The third-order valence-electron chi connectivity index (χ3n) is 7.94. The van der Waals surface area contributed by atoms with Gasteiger partial charge in [0.1, 0.15) is 36.0 Å². The van der Waals surface area contributed by atoms with Crippen molar-refractivity contribution >= 4 is 16.8 Å². The second-order valence-electron chi connectivity index (χ2n) is 10.2. The summed E-state index contributed by atoms with van der Waals surface area (Å²) < 4.78 is 75.9. The number of alkyl halides is 2. The Morgan fingerprint density at radius 2 is 1.88 bits per heavy atom. The highest BCUT2D eigenvalue weighted by molar-refractivity contribution is 5.85. The number of halogens is 5. The lowest BCUT2D eigenvalue weighted by atomic mass is 9.73.